The van der Waals surface area contributed by atoms with E-state index in [0.717, 1.165) is 53.1 Å². The summed E-state index contributed by atoms with van der Waals surface area (Å²) in [6, 6.07) is 7.41. The van der Waals surface area contributed by atoms with Crippen molar-refractivity contribution < 1.29 is 9.53 Å². The minimum atomic E-state index is -0.106. The van der Waals surface area contributed by atoms with E-state index in [1.54, 1.807) is 7.11 Å². The smallest absolute Gasteiger partial charge is 0.234 e. The Morgan fingerprint density at radius 2 is 2.12 bits per heavy atom. The van der Waals surface area contributed by atoms with Crippen LogP contribution in [-0.4, -0.2) is 38.4 Å². The molecule has 33 heavy (non-hydrogen) atoms. The van der Waals surface area contributed by atoms with Crippen molar-refractivity contribution in [1.29, 1.82) is 0 Å². The Bertz CT molecular complexity index is 1370. The van der Waals surface area contributed by atoms with Crippen LogP contribution in [0.4, 0.5) is 5.69 Å². The van der Waals surface area contributed by atoms with Crippen LogP contribution >= 0.6 is 23.1 Å². The Morgan fingerprint density at radius 1 is 1.27 bits per heavy atom. The second-order valence-electron chi connectivity index (χ2n) is 8.95. The van der Waals surface area contributed by atoms with Gasteiger partial charge in [-0.1, -0.05) is 30.8 Å². The molecule has 0 saturated heterocycles. The molecule has 4 aromatic rings. The summed E-state index contributed by atoms with van der Waals surface area (Å²) in [6.07, 6.45) is 5.69. The maximum Gasteiger partial charge on any atom is 0.234 e. The van der Waals surface area contributed by atoms with E-state index in [1.807, 2.05) is 35.6 Å². The van der Waals surface area contributed by atoms with Crippen molar-refractivity contribution >= 4 is 50.6 Å². The number of nitrogens with zero attached hydrogens (tertiary/aromatic N) is 4. The molecule has 3 heterocycles. The maximum absolute atomic E-state index is 12.7. The zero-order valence-electron chi connectivity index (χ0n) is 18.6. The number of amides is 1. The van der Waals surface area contributed by atoms with Gasteiger partial charge in [0, 0.05) is 10.8 Å². The Balaban J connectivity index is 1.33. The van der Waals surface area contributed by atoms with Crippen LogP contribution in [0.3, 0.4) is 0 Å². The number of benzene rings is 1. The van der Waals surface area contributed by atoms with Crippen LogP contribution in [0.5, 0.6) is 5.75 Å². The van der Waals surface area contributed by atoms with Crippen molar-refractivity contribution in [1.82, 2.24) is 19.6 Å². The van der Waals surface area contributed by atoms with Crippen LogP contribution in [-0.2, 0) is 17.6 Å². The zero-order valence-corrected chi connectivity index (χ0v) is 20.3. The number of hydrogen-bond acceptors (Lipinski definition) is 7. The van der Waals surface area contributed by atoms with E-state index in [9.17, 15) is 4.79 Å². The SMILES string of the molecule is COc1ccccc1NC(=O)CSc1nnc2c3c4c(sc3nc(C3CC3)n12)CC(C)CC4. The normalized spacial score (nSPS) is 17.9. The summed E-state index contributed by atoms with van der Waals surface area (Å²) in [4.78, 5) is 20.4. The molecule has 1 N–H and O–H groups in total. The molecule has 2 aliphatic rings. The summed E-state index contributed by atoms with van der Waals surface area (Å²) in [7, 11) is 1.60. The van der Waals surface area contributed by atoms with Gasteiger partial charge in [0.15, 0.2) is 10.8 Å². The van der Waals surface area contributed by atoms with Gasteiger partial charge in [0.1, 0.15) is 16.4 Å². The van der Waals surface area contributed by atoms with Crippen LogP contribution in [0, 0.1) is 5.92 Å². The number of ether oxygens (including phenoxy) is 1. The van der Waals surface area contributed by atoms with Crippen LogP contribution in [0.2, 0.25) is 0 Å². The van der Waals surface area contributed by atoms with E-state index in [-0.39, 0.29) is 11.7 Å². The summed E-state index contributed by atoms with van der Waals surface area (Å²) < 4.78 is 7.45. The van der Waals surface area contributed by atoms with E-state index in [2.05, 4.69) is 26.8 Å². The number of anilines is 1. The molecule has 9 heteroatoms. The Labute approximate surface area is 200 Å². The third kappa shape index (κ3) is 3.77. The third-order valence-electron chi connectivity index (χ3n) is 6.45. The quantitative estimate of drug-likeness (QED) is 0.389. The number of rotatable bonds is 6. The molecular formula is C24H25N5O2S2. The average Bonchev–Trinajstić information content (AvgIpc) is 3.47. The number of methoxy groups -OCH3 is 1. The number of aromatic nitrogens is 4. The van der Waals surface area contributed by atoms with Gasteiger partial charge in [-0.3, -0.25) is 9.20 Å². The van der Waals surface area contributed by atoms with Gasteiger partial charge in [-0.05, 0) is 55.7 Å². The van der Waals surface area contributed by atoms with Gasteiger partial charge in [0.05, 0.1) is 23.9 Å². The first-order chi connectivity index (χ1) is 16.1. The van der Waals surface area contributed by atoms with Gasteiger partial charge >= 0.3 is 0 Å². The van der Waals surface area contributed by atoms with E-state index in [4.69, 9.17) is 9.72 Å². The minimum absolute atomic E-state index is 0.106. The Morgan fingerprint density at radius 3 is 2.94 bits per heavy atom. The molecule has 7 nitrogen and oxygen atoms in total. The number of carbonyl (C=O) groups is 1. The molecular weight excluding hydrogens is 454 g/mol. The summed E-state index contributed by atoms with van der Waals surface area (Å²) in [5.74, 6) is 2.98. The van der Waals surface area contributed by atoms with Gasteiger partial charge in [-0.25, -0.2) is 4.98 Å². The highest BCUT2D eigenvalue weighted by molar-refractivity contribution is 7.99. The van der Waals surface area contributed by atoms with E-state index in [0.29, 0.717) is 17.4 Å². The van der Waals surface area contributed by atoms with Gasteiger partial charge in [0.25, 0.3) is 0 Å². The molecule has 1 amide bonds. The number of para-hydroxylation sites is 2. The minimum Gasteiger partial charge on any atom is -0.495 e. The molecule has 1 unspecified atom stereocenters. The van der Waals surface area contributed by atoms with Crippen LogP contribution in [0.15, 0.2) is 29.4 Å². The second kappa shape index (κ2) is 8.29. The molecule has 0 spiro atoms. The highest BCUT2D eigenvalue weighted by Crippen LogP contribution is 2.44. The standard InChI is InChI=1S/C24H25N5O2S2/c1-13-7-10-15-18(11-13)33-23-20(15)22-27-28-24(29(22)21(26-23)14-8-9-14)32-12-19(30)25-16-5-3-4-6-17(16)31-2/h3-6,13-14H,7-12H2,1-2H3,(H,25,30). The molecule has 1 saturated carbocycles. The van der Waals surface area contributed by atoms with E-state index in [1.165, 1.54) is 34.0 Å². The molecule has 6 rings (SSSR count). The predicted octanol–water partition coefficient (Wildman–Crippen LogP) is 5.08. The lowest BCUT2D eigenvalue weighted by Crippen LogP contribution is -2.15. The van der Waals surface area contributed by atoms with Crippen molar-refractivity contribution in [2.75, 3.05) is 18.2 Å². The summed E-state index contributed by atoms with van der Waals surface area (Å²) in [5.41, 5.74) is 2.98. The fraction of sp³-hybridized carbons (Fsp3) is 0.417. The molecule has 1 aromatic carbocycles. The molecule has 2 aliphatic carbocycles. The molecule has 1 fully saturated rings. The first-order valence-corrected chi connectivity index (χ1v) is 13.2. The van der Waals surface area contributed by atoms with Gasteiger partial charge in [0.2, 0.25) is 5.91 Å². The number of aryl methyl sites for hydroxylation is 1. The maximum atomic E-state index is 12.7. The number of hydrogen-bond donors (Lipinski definition) is 1. The number of carbonyl (C=O) groups excluding carboxylic acids is 1. The van der Waals surface area contributed by atoms with Crippen molar-refractivity contribution in [3.63, 3.8) is 0 Å². The lowest BCUT2D eigenvalue weighted by molar-refractivity contribution is -0.113. The van der Waals surface area contributed by atoms with Gasteiger partial charge in [-0.15, -0.1) is 21.5 Å². The first kappa shape index (κ1) is 20.9. The Kier molecular flexibility index (Phi) is 5.25. The molecule has 0 bridgehead atoms. The molecule has 3 aromatic heterocycles. The number of nitrogens with one attached hydrogen (secondary N) is 1. The number of fused-ring (bicyclic) bond motifs is 5. The number of thioether (sulfide) groups is 1. The second-order valence-corrected chi connectivity index (χ2v) is 11.0. The fourth-order valence-corrected chi connectivity index (χ4v) is 6.74. The monoisotopic (exact) mass is 479 g/mol. The highest BCUT2D eigenvalue weighted by Gasteiger charge is 2.32. The van der Waals surface area contributed by atoms with Gasteiger partial charge in [-0.2, -0.15) is 0 Å². The van der Waals surface area contributed by atoms with E-state index >= 15 is 0 Å². The summed E-state index contributed by atoms with van der Waals surface area (Å²) in [6.45, 7) is 2.33. The van der Waals surface area contributed by atoms with Crippen LogP contribution < -0.4 is 10.1 Å². The zero-order chi connectivity index (χ0) is 22.5. The lowest BCUT2D eigenvalue weighted by Gasteiger charge is -2.17. The van der Waals surface area contributed by atoms with Crippen molar-refractivity contribution in [2.24, 2.45) is 5.92 Å². The molecule has 1 atom stereocenters. The lowest BCUT2D eigenvalue weighted by atomic mass is 9.89. The first-order valence-electron chi connectivity index (χ1n) is 11.4. The van der Waals surface area contributed by atoms with Crippen LogP contribution in [0.1, 0.15) is 48.4 Å². The largest absolute Gasteiger partial charge is 0.495 e. The van der Waals surface area contributed by atoms with Crippen molar-refractivity contribution in [3.05, 3.63) is 40.5 Å². The van der Waals surface area contributed by atoms with Crippen LogP contribution in [0.25, 0.3) is 15.9 Å². The summed E-state index contributed by atoms with van der Waals surface area (Å²) in [5, 5.41) is 14.0. The Hall–Kier alpha value is -2.65. The third-order valence-corrected chi connectivity index (χ3v) is 8.53. The van der Waals surface area contributed by atoms with Crippen molar-refractivity contribution in [3.8, 4) is 5.75 Å². The predicted molar refractivity (Wildman–Crippen MR) is 132 cm³/mol. The van der Waals surface area contributed by atoms with E-state index < -0.39 is 0 Å². The molecule has 0 radical (unpaired) electrons. The average molecular weight is 480 g/mol. The van der Waals surface area contributed by atoms with Crippen molar-refractivity contribution in [2.45, 2.75) is 50.1 Å². The molecule has 170 valence electrons. The topological polar surface area (TPSA) is 81.4 Å². The number of thiophene rings is 1. The molecule has 0 aliphatic heterocycles. The highest BCUT2D eigenvalue weighted by atomic mass is 32.2. The fourth-order valence-electron chi connectivity index (χ4n) is 4.61. The van der Waals surface area contributed by atoms with Gasteiger partial charge < -0.3 is 10.1 Å². The summed E-state index contributed by atoms with van der Waals surface area (Å²) >= 11 is 3.24.